The highest BCUT2D eigenvalue weighted by atomic mass is 32.2. The van der Waals surface area contributed by atoms with E-state index in [0.29, 0.717) is 6.42 Å². The summed E-state index contributed by atoms with van der Waals surface area (Å²) < 4.78 is 68.1. The molecule has 0 saturated carbocycles. The van der Waals surface area contributed by atoms with Gasteiger partial charge in [0, 0.05) is 0 Å². The van der Waals surface area contributed by atoms with Gasteiger partial charge in [0.2, 0.25) is 0 Å². The minimum Gasteiger partial charge on any atom is -0.464 e. The van der Waals surface area contributed by atoms with E-state index in [-0.39, 0.29) is 19.4 Å². The Morgan fingerprint density at radius 3 is 2.42 bits per heavy atom. The highest BCUT2D eigenvalue weighted by Crippen LogP contribution is 2.27. The molecule has 24 heavy (non-hydrogen) atoms. The first-order valence-electron chi connectivity index (χ1n) is 7.29. The zero-order chi connectivity index (χ0) is 18.4. The lowest BCUT2D eigenvalue weighted by Gasteiger charge is -2.17. The van der Waals surface area contributed by atoms with Gasteiger partial charge < -0.3 is 4.74 Å². The summed E-state index contributed by atoms with van der Waals surface area (Å²) >= 11 is 0. The van der Waals surface area contributed by atoms with Crippen molar-refractivity contribution in [1.82, 2.24) is 0 Å². The second-order valence-corrected chi connectivity index (χ2v) is 6.62. The maximum atomic E-state index is 12.4. The molecule has 5 nitrogen and oxygen atoms in total. The van der Waals surface area contributed by atoms with E-state index in [1.165, 1.54) is 6.92 Å². The highest BCUT2D eigenvalue weighted by Gasteiger charge is 2.49. The van der Waals surface area contributed by atoms with Gasteiger partial charge >= 0.3 is 21.6 Å². The lowest BCUT2D eigenvalue weighted by Crippen LogP contribution is -2.35. The third kappa shape index (κ3) is 5.79. The maximum Gasteiger partial charge on any atom is 0.523 e. The number of rotatable bonds is 8. The molecule has 9 heteroatoms. The Bertz CT molecular complexity index is 655. The molecule has 0 aliphatic heterocycles. The van der Waals surface area contributed by atoms with Gasteiger partial charge in [0.05, 0.1) is 6.61 Å². The second kappa shape index (κ2) is 8.48. The summed E-state index contributed by atoms with van der Waals surface area (Å²) in [5.74, 6) is -1.13. The van der Waals surface area contributed by atoms with Crippen molar-refractivity contribution < 1.29 is 35.3 Å². The van der Waals surface area contributed by atoms with Gasteiger partial charge in [-0.2, -0.15) is 21.6 Å². The van der Waals surface area contributed by atoms with Crippen molar-refractivity contribution in [2.45, 2.75) is 44.7 Å². The van der Waals surface area contributed by atoms with Gasteiger partial charge in [0.25, 0.3) is 0 Å². The fourth-order valence-electron chi connectivity index (χ4n) is 2.02. The fourth-order valence-corrected chi connectivity index (χ4v) is 2.61. The van der Waals surface area contributed by atoms with Gasteiger partial charge in [-0.1, -0.05) is 24.3 Å². The Balaban J connectivity index is 2.77. The van der Waals surface area contributed by atoms with Crippen LogP contribution in [0, 0.1) is 6.92 Å². The van der Waals surface area contributed by atoms with Gasteiger partial charge in [-0.15, -0.1) is 0 Å². The first kappa shape index (κ1) is 20.4. The van der Waals surface area contributed by atoms with Crippen LogP contribution in [0.4, 0.5) is 13.2 Å². The largest absolute Gasteiger partial charge is 0.523 e. The molecule has 0 heterocycles. The Kier molecular flexibility index (Phi) is 7.22. The number of hydrogen-bond donors (Lipinski definition) is 0. The standard InChI is InChI=1S/C15H19F3O5S/c1-3-22-14(19)13(23-24(20,21)15(16,17)18)10-6-9-12-8-5-4-7-11(12)2/h4-5,7-8,13H,3,6,9-10H2,1-2H3. The third-order valence-electron chi connectivity index (χ3n) is 3.25. The molecular formula is C15H19F3O5S. The van der Waals surface area contributed by atoms with Crippen molar-refractivity contribution in [2.75, 3.05) is 6.61 Å². The molecule has 1 aromatic rings. The number of carbonyl (C=O) groups is 1. The van der Waals surface area contributed by atoms with Crippen LogP contribution in [0.15, 0.2) is 24.3 Å². The number of ether oxygens (including phenoxy) is 1. The number of halogens is 3. The maximum absolute atomic E-state index is 12.4. The van der Waals surface area contributed by atoms with E-state index >= 15 is 0 Å². The van der Waals surface area contributed by atoms with Crippen molar-refractivity contribution in [3.05, 3.63) is 35.4 Å². The molecule has 0 aliphatic rings. The van der Waals surface area contributed by atoms with Crippen LogP contribution in [0.1, 0.15) is 30.9 Å². The summed E-state index contributed by atoms with van der Waals surface area (Å²) in [6.45, 7) is 3.24. The van der Waals surface area contributed by atoms with E-state index in [1.54, 1.807) is 0 Å². The Hall–Kier alpha value is -1.61. The molecule has 0 aliphatic carbocycles. The van der Waals surface area contributed by atoms with Crippen molar-refractivity contribution >= 4 is 16.1 Å². The average molecular weight is 368 g/mol. The van der Waals surface area contributed by atoms with Gasteiger partial charge in [-0.3, -0.25) is 0 Å². The topological polar surface area (TPSA) is 69.7 Å². The molecule has 1 aromatic carbocycles. The van der Waals surface area contributed by atoms with Crippen LogP contribution < -0.4 is 0 Å². The van der Waals surface area contributed by atoms with Crippen LogP contribution in [-0.4, -0.2) is 32.6 Å². The van der Waals surface area contributed by atoms with Crippen molar-refractivity contribution in [3.63, 3.8) is 0 Å². The Labute approximate surface area is 138 Å². The molecule has 0 radical (unpaired) electrons. The van der Waals surface area contributed by atoms with Crippen LogP contribution in [-0.2, 0) is 30.3 Å². The summed E-state index contributed by atoms with van der Waals surface area (Å²) in [5, 5.41) is 0. The van der Waals surface area contributed by atoms with Crippen molar-refractivity contribution in [3.8, 4) is 0 Å². The van der Waals surface area contributed by atoms with Crippen LogP contribution in [0.2, 0.25) is 0 Å². The van der Waals surface area contributed by atoms with E-state index in [1.807, 2.05) is 31.2 Å². The molecule has 0 aromatic heterocycles. The zero-order valence-electron chi connectivity index (χ0n) is 13.3. The smallest absolute Gasteiger partial charge is 0.464 e. The molecule has 1 atom stereocenters. The molecule has 1 unspecified atom stereocenters. The third-order valence-corrected chi connectivity index (χ3v) is 4.30. The number of esters is 1. The molecule has 0 saturated heterocycles. The van der Waals surface area contributed by atoms with Gasteiger partial charge in [-0.25, -0.2) is 8.98 Å². The Morgan fingerprint density at radius 1 is 1.25 bits per heavy atom. The predicted octanol–water partition coefficient (Wildman–Crippen LogP) is 3.12. The molecule has 0 amide bonds. The van der Waals surface area contributed by atoms with Gasteiger partial charge in [0.1, 0.15) is 0 Å². The first-order chi connectivity index (χ1) is 11.1. The first-order valence-corrected chi connectivity index (χ1v) is 8.70. The van der Waals surface area contributed by atoms with Crippen LogP contribution in [0.25, 0.3) is 0 Å². The fraction of sp³-hybridized carbons (Fsp3) is 0.533. The minimum atomic E-state index is -5.86. The van der Waals surface area contributed by atoms with Gasteiger partial charge in [0.15, 0.2) is 6.10 Å². The van der Waals surface area contributed by atoms with E-state index in [2.05, 4.69) is 8.92 Å². The van der Waals surface area contributed by atoms with Gasteiger partial charge in [-0.05, 0) is 44.2 Å². The minimum absolute atomic E-state index is 0.0947. The predicted molar refractivity (Wildman–Crippen MR) is 80.6 cm³/mol. The second-order valence-electron chi connectivity index (χ2n) is 5.06. The molecular weight excluding hydrogens is 349 g/mol. The monoisotopic (exact) mass is 368 g/mol. The molecule has 1 rings (SSSR count). The lowest BCUT2D eigenvalue weighted by molar-refractivity contribution is -0.152. The van der Waals surface area contributed by atoms with Crippen LogP contribution in [0.5, 0.6) is 0 Å². The summed E-state index contributed by atoms with van der Waals surface area (Å²) in [5.41, 5.74) is -3.64. The normalized spacial score (nSPS) is 13.5. The summed E-state index contributed by atoms with van der Waals surface area (Å²) in [6.07, 6.45) is -1.29. The number of hydrogen-bond acceptors (Lipinski definition) is 5. The Morgan fingerprint density at radius 2 is 1.88 bits per heavy atom. The molecule has 0 fully saturated rings. The quantitative estimate of drug-likeness (QED) is 0.401. The number of benzene rings is 1. The van der Waals surface area contributed by atoms with Crippen LogP contribution in [0.3, 0.4) is 0 Å². The van der Waals surface area contributed by atoms with Crippen molar-refractivity contribution in [1.29, 1.82) is 0 Å². The summed E-state index contributed by atoms with van der Waals surface area (Å²) in [6, 6.07) is 7.39. The van der Waals surface area contributed by atoms with E-state index < -0.39 is 27.7 Å². The molecule has 0 N–H and O–H groups in total. The number of carbonyl (C=O) groups excluding carboxylic acids is 1. The van der Waals surface area contributed by atoms with Crippen molar-refractivity contribution in [2.24, 2.45) is 0 Å². The summed E-state index contributed by atoms with van der Waals surface area (Å²) in [7, 11) is -5.86. The molecule has 136 valence electrons. The van der Waals surface area contributed by atoms with E-state index in [0.717, 1.165) is 11.1 Å². The van der Waals surface area contributed by atoms with Crippen LogP contribution >= 0.6 is 0 Å². The summed E-state index contributed by atoms with van der Waals surface area (Å²) in [4.78, 5) is 11.7. The van der Waals surface area contributed by atoms with E-state index in [9.17, 15) is 26.4 Å². The SMILES string of the molecule is CCOC(=O)C(CCCc1ccccc1C)OS(=O)(=O)C(F)(F)F. The molecule has 0 bridgehead atoms. The number of alkyl halides is 3. The molecule has 0 spiro atoms. The lowest BCUT2D eigenvalue weighted by atomic mass is 10.0. The highest BCUT2D eigenvalue weighted by molar-refractivity contribution is 7.87. The van der Waals surface area contributed by atoms with E-state index in [4.69, 9.17) is 0 Å². The zero-order valence-corrected chi connectivity index (χ0v) is 14.1. The number of aryl methyl sites for hydroxylation is 2. The average Bonchev–Trinajstić information content (AvgIpc) is 2.47.